The van der Waals surface area contributed by atoms with Crippen LogP contribution in [0.2, 0.25) is 0 Å². The molecule has 0 amide bonds. The van der Waals surface area contributed by atoms with E-state index in [1.807, 2.05) is 0 Å². The molecule has 0 aliphatic rings. The lowest BCUT2D eigenvalue weighted by atomic mass is 10.0. The highest BCUT2D eigenvalue weighted by Gasteiger charge is 2.22. The second-order valence-electron chi connectivity index (χ2n) is 10.6. The highest BCUT2D eigenvalue weighted by molar-refractivity contribution is 6.29. The minimum absolute atomic E-state index is 1.17. The Labute approximate surface area is 230 Å². The molecule has 0 radical (unpaired) electrons. The van der Waals surface area contributed by atoms with Crippen molar-refractivity contribution in [1.29, 1.82) is 0 Å². The summed E-state index contributed by atoms with van der Waals surface area (Å²) >= 11 is 0. The van der Waals surface area contributed by atoms with Gasteiger partial charge in [0.05, 0.1) is 27.8 Å². The van der Waals surface area contributed by atoms with Gasteiger partial charge in [-0.2, -0.15) is 0 Å². The fourth-order valence-electron chi connectivity index (χ4n) is 6.82. The molecule has 0 spiro atoms. The second kappa shape index (κ2) is 8.08. The minimum atomic E-state index is 1.17. The molecule has 0 aliphatic heterocycles. The third-order valence-corrected chi connectivity index (χ3v) is 8.47. The average Bonchev–Trinajstić information content (AvgIpc) is 3.54. The fourth-order valence-corrected chi connectivity index (χ4v) is 6.82. The van der Waals surface area contributed by atoms with Crippen molar-refractivity contribution < 1.29 is 0 Å². The van der Waals surface area contributed by atoms with Gasteiger partial charge in [0.15, 0.2) is 0 Å². The van der Waals surface area contributed by atoms with Crippen molar-refractivity contribution in [2.75, 3.05) is 0 Å². The highest BCUT2D eigenvalue weighted by atomic mass is 15.0. The van der Waals surface area contributed by atoms with Gasteiger partial charge in [0, 0.05) is 38.0 Å². The van der Waals surface area contributed by atoms with E-state index in [9.17, 15) is 0 Å². The summed E-state index contributed by atoms with van der Waals surface area (Å²) in [7, 11) is 0. The molecule has 0 atom stereocenters. The number of benzene rings is 7. The van der Waals surface area contributed by atoms with Crippen LogP contribution in [0.15, 0.2) is 146 Å². The first kappa shape index (κ1) is 21.6. The molecule has 0 bridgehead atoms. The van der Waals surface area contributed by atoms with Gasteiger partial charge in [0.25, 0.3) is 0 Å². The van der Waals surface area contributed by atoms with Gasteiger partial charge in [-0.1, -0.05) is 115 Å². The van der Waals surface area contributed by atoms with Crippen LogP contribution in [-0.4, -0.2) is 9.13 Å². The van der Waals surface area contributed by atoms with Crippen LogP contribution in [-0.2, 0) is 0 Å². The predicted octanol–water partition coefficient (Wildman–Crippen LogP) is 10.2. The van der Waals surface area contributed by atoms with E-state index in [2.05, 4.69) is 155 Å². The maximum atomic E-state index is 2.50. The summed E-state index contributed by atoms with van der Waals surface area (Å²) < 4.78 is 4.95. The Morgan fingerprint density at radius 3 is 1.80 bits per heavy atom. The molecule has 0 N–H and O–H groups in total. The van der Waals surface area contributed by atoms with E-state index in [0.717, 1.165) is 0 Å². The Bertz CT molecular complexity index is 2420. The number of fused-ring (bicyclic) bond motifs is 10. The average molecular weight is 509 g/mol. The summed E-state index contributed by atoms with van der Waals surface area (Å²) in [6, 6.07) is 52.9. The van der Waals surface area contributed by atoms with E-state index >= 15 is 0 Å². The van der Waals surface area contributed by atoms with Crippen LogP contribution < -0.4 is 0 Å². The summed E-state index contributed by atoms with van der Waals surface area (Å²) in [5.41, 5.74) is 7.33. The van der Waals surface area contributed by atoms with Crippen LogP contribution in [0.5, 0.6) is 0 Å². The monoisotopic (exact) mass is 508 g/mol. The lowest BCUT2D eigenvalue weighted by Crippen LogP contribution is -1.96. The Morgan fingerprint density at radius 1 is 0.325 bits per heavy atom. The predicted molar refractivity (Wildman–Crippen MR) is 170 cm³/mol. The Kier molecular flexibility index (Phi) is 4.36. The number of rotatable bonds is 2. The molecule has 2 heterocycles. The molecule has 0 saturated carbocycles. The molecule has 0 unspecified atom stereocenters. The van der Waals surface area contributed by atoms with Crippen molar-refractivity contribution in [3.05, 3.63) is 146 Å². The lowest BCUT2D eigenvalue weighted by molar-refractivity contribution is 1.19. The molecule has 40 heavy (non-hydrogen) atoms. The van der Waals surface area contributed by atoms with E-state index in [4.69, 9.17) is 0 Å². The zero-order valence-corrected chi connectivity index (χ0v) is 21.8. The first-order chi connectivity index (χ1) is 19.9. The molecule has 0 fully saturated rings. The normalized spacial score (nSPS) is 12.0. The molecular weight excluding hydrogens is 484 g/mol. The van der Waals surface area contributed by atoms with Gasteiger partial charge in [-0.05, 0) is 41.1 Å². The molecule has 0 aliphatic carbocycles. The van der Waals surface area contributed by atoms with Crippen molar-refractivity contribution in [3.63, 3.8) is 0 Å². The van der Waals surface area contributed by atoms with E-state index < -0.39 is 0 Å². The van der Waals surface area contributed by atoms with Gasteiger partial charge in [0.1, 0.15) is 0 Å². The summed E-state index contributed by atoms with van der Waals surface area (Å²) in [5, 5.41) is 10.1. The van der Waals surface area contributed by atoms with Gasteiger partial charge in [-0.25, -0.2) is 0 Å². The Hall–Kier alpha value is -5.34. The quantitative estimate of drug-likeness (QED) is 0.220. The molecule has 2 nitrogen and oxygen atoms in total. The molecule has 186 valence electrons. The van der Waals surface area contributed by atoms with Crippen LogP contribution in [0.25, 0.3) is 76.5 Å². The van der Waals surface area contributed by atoms with E-state index in [1.54, 1.807) is 0 Å². The number of nitrogens with zero attached hydrogens (tertiary/aromatic N) is 2. The lowest BCUT2D eigenvalue weighted by Gasteiger charge is -2.12. The van der Waals surface area contributed by atoms with Crippen molar-refractivity contribution in [1.82, 2.24) is 9.13 Å². The summed E-state index contributed by atoms with van der Waals surface area (Å²) in [5.74, 6) is 0. The topological polar surface area (TPSA) is 9.86 Å². The number of hydrogen-bond acceptors (Lipinski definition) is 0. The first-order valence-electron chi connectivity index (χ1n) is 13.8. The second-order valence-corrected chi connectivity index (χ2v) is 10.6. The zero-order valence-electron chi connectivity index (χ0n) is 21.8. The standard InChI is InChI=1S/C38H24N2/c1-2-14-27(15-3-1)39-37-29-17-7-5-12-26(29)21-22-30(37)31-23-24-35-36(38(31)39)32-18-8-9-19-34(32)40(35)33-20-10-13-25-11-4-6-16-28(25)33/h1-24H. The van der Waals surface area contributed by atoms with Gasteiger partial charge < -0.3 is 9.13 Å². The largest absolute Gasteiger partial charge is 0.309 e. The number of aromatic nitrogens is 2. The van der Waals surface area contributed by atoms with Gasteiger partial charge in [-0.15, -0.1) is 0 Å². The first-order valence-corrected chi connectivity index (χ1v) is 13.8. The van der Waals surface area contributed by atoms with Crippen LogP contribution in [0.4, 0.5) is 0 Å². The SMILES string of the molecule is c1ccc(-n2c3c4ccccc4ccc3c3ccc4c(c5ccccc5n4-c4cccc5ccccc45)c32)cc1. The van der Waals surface area contributed by atoms with Crippen LogP contribution in [0, 0.1) is 0 Å². The molecule has 2 heteroatoms. The third-order valence-electron chi connectivity index (χ3n) is 8.47. The minimum Gasteiger partial charge on any atom is -0.309 e. The van der Waals surface area contributed by atoms with Gasteiger partial charge in [0.2, 0.25) is 0 Å². The van der Waals surface area contributed by atoms with E-state index in [-0.39, 0.29) is 0 Å². The third kappa shape index (κ3) is 2.82. The van der Waals surface area contributed by atoms with Crippen molar-refractivity contribution in [2.24, 2.45) is 0 Å². The Morgan fingerprint density at radius 2 is 0.950 bits per heavy atom. The maximum Gasteiger partial charge on any atom is 0.0641 e. The highest BCUT2D eigenvalue weighted by Crippen LogP contribution is 2.44. The summed E-state index contributed by atoms with van der Waals surface area (Å²) in [4.78, 5) is 0. The van der Waals surface area contributed by atoms with Crippen LogP contribution in [0.1, 0.15) is 0 Å². The van der Waals surface area contributed by atoms with Crippen molar-refractivity contribution in [3.8, 4) is 11.4 Å². The molecule has 9 rings (SSSR count). The smallest absolute Gasteiger partial charge is 0.0641 e. The fraction of sp³-hybridized carbons (Fsp3) is 0. The molecule has 7 aromatic carbocycles. The zero-order chi connectivity index (χ0) is 26.2. The molecule has 2 aromatic heterocycles. The molecule has 9 aromatic rings. The van der Waals surface area contributed by atoms with Gasteiger partial charge in [-0.3, -0.25) is 0 Å². The molecular formula is C38H24N2. The van der Waals surface area contributed by atoms with Crippen LogP contribution >= 0.6 is 0 Å². The van der Waals surface area contributed by atoms with Gasteiger partial charge >= 0.3 is 0 Å². The summed E-state index contributed by atoms with van der Waals surface area (Å²) in [6.45, 7) is 0. The maximum absolute atomic E-state index is 2.50. The number of para-hydroxylation sites is 2. The number of hydrogen-bond donors (Lipinski definition) is 0. The van der Waals surface area contributed by atoms with Crippen molar-refractivity contribution in [2.45, 2.75) is 0 Å². The van der Waals surface area contributed by atoms with Crippen LogP contribution in [0.3, 0.4) is 0 Å². The Balaban J connectivity index is 1.56. The summed E-state index contributed by atoms with van der Waals surface area (Å²) in [6.07, 6.45) is 0. The van der Waals surface area contributed by atoms with E-state index in [0.29, 0.717) is 0 Å². The molecule has 0 saturated heterocycles. The van der Waals surface area contributed by atoms with E-state index in [1.165, 1.54) is 76.5 Å². The van der Waals surface area contributed by atoms with Crippen molar-refractivity contribution >= 4 is 65.2 Å².